The molecule has 6 heteroatoms. The number of piperidine rings is 1. The molecule has 3 N–H and O–H groups in total. The molecule has 0 radical (unpaired) electrons. The van der Waals surface area contributed by atoms with Gasteiger partial charge in [0.15, 0.2) is 0 Å². The Bertz CT molecular complexity index is 467. The molecule has 104 valence electrons. The van der Waals surface area contributed by atoms with E-state index in [0.717, 1.165) is 19.4 Å². The summed E-state index contributed by atoms with van der Waals surface area (Å²) in [5.41, 5.74) is 6.20. The molecule has 1 unspecified atom stereocenters. The maximum absolute atomic E-state index is 12.2. The van der Waals surface area contributed by atoms with E-state index in [2.05, 4.69) is 5.32 Å². The van der Waals surface area contributed by atoms with E-state index in [9.17, 15) is 4.79 Å². The topological polar surface area (TPSA) is 58.4 Å². The molecule has 1 aromatic rings. The maximum Gasteiger partial charge on any atom is 0.321 e. The van der Waals surface area contributed by atoms with Gasteiger partial charge in [0.1, 0.15) is 0 Å². The number of nitrogens with two attached hydrogens (primary N) is 1. The second kappa shape index (κ2) is 6.46. The monoisotopic (exact) mass is 301 g/mol. The summed E-state index contributed by atoms with van der Waals surface area (Å²) in [4.78, 5) is 13.9. The zero-order valence-corrected chi connectivity index (χ0v) is 12.0. The number of carbonyl (C=O) groups excluding carboxylic acids is 1. The van der Waals surface area contributed by atoms with Crippen LogP contribution in [0, 0.1) is 5.92 Å². The number of hydrogen-bond donors (Lipinski definition) is 2. The lowest BCUT2D eigenvalue weighted by atomic mass is 9.99. The molecule has 0 saturated carbocycles. The van der Waals surface area contributed by atoms with Gasteiger partial charge in [-0.1, -0.05) is 23.2 Å². The molecule has 2 amide bonds. The second-order valence-corrected chi connectivity index (χ2v) is 5.59. The summed E-state index contributed by atoms with van der Waals surface area (Å²) in [5.74, 6) is 0.384. The van der Waals surface area contributed by atoms with Gasteiger partial charge >= 0.3 is 6.03 Å². The van der Waals surface area contributed by atoms with Crippen LogP contribution in [0.5, 0.6) is 0 Å². The number of urea groups is 1. The van der Waals surface area contributed by atoms with Crippen LogP contribution in [0.25, 0.3) is 0 Å². The smallest absolute Gasteiger partial charge is 0.321 e. The van der Waals surface area contributed by atoms with E-state index < -0.39 is 0 Å². The average Bonchev–Trinajstić information content (AvgIpc) is 2.43. The Balaban J connectivity index is 2.02. The van der Waals surface area contributed by atoms with Crippen molar-refractivity contribution >= 4 is 34.9 Å². The molecule has 0 aromatic heterocycles. The first-order valence-corrected chi connectivity index (χ1v) is 7.07. The van der Waals surface area contributed by atoms with Gasteiger partial charge < -0.3 is 16.0 Å². The number of nitrogens with one attached hydrogen (secondary N) is 1. The highest BCUT2D eigenvalue weighted by molar-refractivity contribution is 6.35. The van der Waals surface area contributed by atoms with Crippen LogP contribution in [0.1, 0.15) is 12.8 Å². The van der Waals surface area contributed by atoms with Crippen molar-refractivity contribution in [3.8, 4) is 0 Å². The molecule has 1 aliphatic rings. The van der Waals surface area contributed by atoms with Crippen LogP contribution in [0.15, 0.2) is 18.2 Å². The molecular formula is C13H17Cl2N3O. The fourth-order valence-corrected chi connectivity index (χ4v) is 2.57. The summed E-state index contributed by atoms with van der Waals surface area (Å²) >= 11 is 11.9. The third kappa shape index (κ3) is 3.75. The van der Waals surface area contributed by atoms with E-state index >= 15 is 0 Å². The van der Waals surface area contributed by atoms with Crippen molar-refractivity contribution in [3.05, 3.63) is 28.2 Å². The van der Waals surface area contributed by atoms with E-state index in [4.69, 9.17) is 28.9 Å². The van der Waals surface area contributed by atoms with Crippen LogP contribution in [0.2, 0.25) is 10.0 Å². The Hall–Kier alpha value is -0.970. The minimum absolute atomic E-state index is 0.151. The van der Waals surface area contributed by atoms with E-state index in [-0.39, 0.29) is 6.03 Å². The van der Waals surface area contributed by atoms with Crippen LogP contribution in [-0.2, 0) is 0 Å². The molecule has 0 bridgehead atoms. The Kier molecular flexibility index (Phi) is 4.91. The number of amides is 2. The summed E-state index contributed by atoms with van der Waals surface area (Å²) in [6.45, 7) is 2.06. The minimum atomic E-state index is -0.151. The van der Waals surface area contributed by atoms with Crippen molar-refractivity contribution in [1.82, 2.24) is 4.90 Å². The van der Waals surface area contributed by atoms with Gasteiger partial charge in [-0.15, -0.1) is 0 Å². The van der Waals surface area contributed by atoms with Gasteiger partial charge in [-0.3, -0.25) is 0 Å². The van der Waals surface area contributed by atoms with Crippen molar-refractivity contribution in [2.24, 2.45) is 11.7 Å². The van der Waals surface area contributed by atoms with Crippen molar-refractivity contribution in [3.63, 3.8) is 0 Å². The highest BCUT2D eigenvalue weighted by Gasteiger charge is 2.23. The number of benzene rings is 1. The third-order valence-electron chi connectivity index (χ3n) is 3.31. The molecule has 1 fully saturated rings. The largest absolute Gasteiger partial charge is 0.330 e. The van der Waals surface area contributed by atoms with Crippen molar-refractivity contribution in [2.45, 2.75) is 12.8 Å². The highest BCUT2D eigenvalue weighted by Crippen LogP contribution is 2.26. The standard InChI is InChI=1S/C13H17Cl2N3O/c14-10-3-4-11(15)12(6-10)17-13(19)18-5-1-2-9(7-16)8-18/h3-4,6,9H,1-2,5,7-8,16H2,(H,17,19). The summed E-state index contributed by atoms with van der Waals surface area (Å²) in [7, 11) is 0. The average molecular weight is 302 g/mol. The first-order chi connectivity index (χ1) is 9.10. The van der Waals surface area contributed by atoms with Crippen LogP contribution in [0.4, 0.5) is 10.5 Å². The molecule has 1 heterocycles. The van der Waals surface area contributed by atoms with Crippen LogP contribution in [-0.4, -0.2) is 30.6 Å². The van der Waals surface area contributed by atoms with E-state index in [1.54, 1.807) is 23.1 Å². The van der Waals surface area contributed by atoms with Gasteiger partial charge in [0, 0.05) is 18.1 Å². The Morgan fingerprint density at radius 2 is 2.26 bits per heavy atom. The van der Waals surface area contributed by atoms with E-state index in [1.165, 1.54) is 0 Å². The van der Waals surface area contributed by atoms with Crippen molar-refractivity contribution < 1.29 is 4.79 Å². The number of nitrogens with zero attached hydrogens (tertiary/aromatic N) is 1. The lowest BCUT2D eigenvalue weighted by Crippen LogP contribution is -2.44. The number of carbonyl (C=O) groups is 1. The molecule has 19 heavy (non-hydrogen) atoms. The molecule has 1 atom stereocenters. The molecule has 1 aromatic carbocycles. The van der Waals surface area contributed by atoms with E-state index in [0.29, 0.717) is 34.7 Å². The quantitative estimate of drug-likeness (QED) is 0.881. The summed E-state index contributed by atoms with van der Waals surface area (Å²) in [5, 5.41) is 3.81. The van der Waals surface area contributed by atoms with Gasteiger partial charge in [-0.2, -0.15) is 0 Å². The first kappa shape index (κ1) is 14.4. The SMILES string of the molecule is NCC1CCCN(C(=O)Nc2cc(Cl)ccc2Cl)C1. The number of hydrogen-bond acceptors (Lipinski definition) is 2. The van der Waals surface area contributed by atoms with Crippen LogP contribution >= 0.6 is 23.2 Å². The second-order valence-electron chi connectivity index (χ2n) is 4.74. The van der Waals surface area contributed by atoms with Gasteiger partial charge in [-0.25, -0.2) is 4.79 Å². The molecule has 4 nitrogen and oxygen atoms in total. The zero-order valence-electron chi connectivity index (χ0n) is 10.5. The normalized spacial score (nSPS) is 19.3. The lowest BCUT2D eigenvalue weighted by molar-refractivity contribution is 0.179. The van der Waals surface area contributed by atoms with Crippen LogP contribution < -0.4 is 11.1 Å². The van der Waals surface area contributed by atoms with Crippen molar-refractivity contribution in [2.75, 3.05) is 25.0 Å². The maximum atomic E-state index is 12.2. The molecule has 1 aliphatic heterocycles. The summed E-state index contributed by atoms with van der Waals surface area (Å²) in [6, 6.07) is 4.84. The first-order valence-electron chi connectivity index (χ1n) is 6.31. The Labute approximate surface area is 122 Å². The third-order valence-corrected chi connectivity index (χ3v) is 3.87. The number of anilines is 1. The number of likely N-dealkylation sites (tertiary alicyclic amines) is 1. The fourth-order valence-electron chi connectivity index (χ4n) is 2.23. The lowest BCUT2D eigenvalue weighted by Gasteiger charge is -2.32. The molecule has 0 aliphatic carbocycles. The molecule has 0 spiro atoms. The van der Waals surface area contributed by atoms with Gasteiger partial charge in [-0.05, 0) is 43.5 Å². The highest BCUT2D eigenvalue weighted by atomic mass is 35.5. The van der Waals surface area contributed by atoms with Crippen LogP contribution in [0.3, 0.4) is 0 Å². The predicted molar refractivity (Wildman–Crippen MR) is 78.8 cm³/mol. The summed E-state index contributed by atoms with van der Waals surface area (Å²) < 4.78 is 0. The van der Waals surface area contributed by atoms with Crippen molar-refractivity contribution in [1.29, 1.82) is 0 Å². The molecular weight excluding hydrogens is 285 g/mol. The summed E-state index contributed by atoms with van der Waals surface area (Å²) in [6.07, 6.45) is 2.07. The van der Waals surface area contributed by atoms with Gasteiger partial charge in [0.25, 0.3) is 0 Å². The molecule has 1 saturated heterocycles. The van der Waals surface area contributed by atoms with Gasteiger partial charge in [0.2, 0.25) is 0 Å². The minimum Gasteiger partial charge on any atom is -0.330 e. The van der Waals surface area contributed by atoms with Gasteiger partial charge in [0.05, 0.1) is 10.7 Å². The molecule has 2 rings (SSSR count). The number of halogens is 2. The predicted octanol–water partition coefficient (Wildman–Crippen LogP) is 3.20. The number of rotatable bonds is 2. The Morgan fingerprint density at radius 1 is 1.47 bits per heavy atom. The van der Waals surface area contributed by atoms with E-state index in [1.807, 2.05) is 0 Å². The Morgan fingerprint density at radius 3 is 3.00 bits per heavy atom. The fraction of sp³-hybridized carbons (Fsp3) is 0.462. The zero-order chi connectivity index (χ0) is 13.8.